The smallest absolute Gasteiger partial charge is 0.297 e. The fourth-order valence-corrected chi connectivity index (χ4v) is 4.49. The van der Waals surface area contributed by atoms with Gasteiger partial charge in [-0.05, 0) is 48.9 Å². The molecule has 3 aromatic rings. The number of rotatable bonds is 4. The van der Waals surface area contributed by atoms with Crippen LogP contribution in [0.5, 0.6) is 0 Å². The normalized spacial score (nSPS) is 13.2. The minimum absolute atomic E-state index is 0.0518. The van der Waals surface area contributed by atoms with Crippen LogP contribution in [0.4, 0.5) is 10.1 Å². The van der Waals surface area contributed by atoms with Gasteiger partial charge in [0.1, 0.15) is 0 Å². The number of anilines is 1. The molecule has 2 heterocycles. The summed E-state index contributed by atoms with van der Waals surface area (Å²) in [5.41, 5.74) is 4.69. The molecule has 0 bridgehead atoms. The maximum Gasteiger partial charge on any atom is 0.324 e. The molecule has 0 fully saturated rings. The highest BCUT2D eigenvalue weighted by Crippen LogP contribution is 2.30. The van der Waals surface area contributed by atoms with E-state index in [0.29, 0.717) is 10.0 Å². The summed E-state index contributed by atoms with van der Waals surface area (Å²) in [6.45, 7) is 0. The average Bonchev–Trinajstić information content (AvgIpc) is 3.31. The maximum absolute atomic E-state index is 12.2. The van der Waals surface area contributed by atoms with Gasteiger partial charge in [0, 0.05) is 17.0 Å². The fraction of sp³-hybridized carbons (Fsp3) is 0.222. The lowest BCUT2D eigenvalue weighted by Crippen LogP contribution is -2.09. The highest BCUT2D eigenvalue weighted by atomic mass is 32.1. The van der Waals surface area contributed by atoms with Gasteiger partial charge in [-0.15, -0.1) is 11.3 Å². The van der Waals surface area contributed by atoms with Gasteiger partial charge in [-0.1, -0.05) is 23.5 Å². The van der Waals surface area contributed by atoms with Crippen molar-refractivity contribution < 1.29 is 9.72 Å². The average molecular weight is 385 g/mol. The van der Waals surface area contributed by atoms with Crippen molar-refractivity contribution in [1.82, 2.24) is 4.98 Å². The van der Waals surface area contributed by atoms with E-state index in [4.69, 9.17) is 0 Å². The van der Waals surface area contributed by atoms with Gasteiger partial charge in [-0.2, -0.15) is 0 Å². The number of nitrogens with zero attached hydrogens (tertiary/aromatic N) is 2. The zero-order valence-electron chi connectivity index (χ0n) is 13.7. The molecule has 0 saturated heterocycles. The third kappa shape index (κ3) is 3.38. The Labute approximate surface area is 157 Å². The topological polar surface area (TPSA) is 85.1 Å². The van der Waals surface area contributed by atoms with Gasteiger partial charge in [0.25, 0.3) is 5.91 Å². The fourth-order valence-electron chi connectivity index (χ4n) is 3.06. The quantitative estimate of drug-likeness (QED) is 0.511. The van der Waals surface area contributed by atoms with Gasteiger partial charge < -0.3 is 0 Å². The van der Waals surface area contributed by atoms with Gasteiger partial charge in [-0.25, -0.2) is 4.98 Å². The van der Waals surface area contributed by atoms with Crippen molar-refractivity contribution in [2.75, 3.05) is 5.32 Å². The lowest BCUT2D eigenvalue weighted by Gasteiger charge is -2.16. The molecule has 1 aromatic carbocycles. The molecular weight excluding hydrogens is 370 g/mol. The summed E-state index contributed by atoms with van der Waals surface area (Å²) in [4.78, 5) is 27.2. The van der Waals surface area contributed by atoms with Crippen molar-refractivity contribution in [3.63, 3.8) is 0 Å². The number of fused-ring (bicyclic) bond motifs is 1. The number of thiophene rings is 1. The van der Waals surface area contributed by atoms with Crippen molar-refractivity contribution in [2.45, 2.75) is 25.7 Å². The molecule has 1 amide bonds. The van der Waals surface area contributed by atoms with E-state index in [-0.39, 0.29) is 10.9 Å². The van der Waals surface area contributed by atoms with E-state index in [1.165, 1.54) is 47.4 Å². The summed E-state index contributed by atoms with van der Waals surface area (Å²) in [6, 6.07) is 9.23. The first-order valence-corrected chi connectivity index (χ1v) is 9.93. The number of benzene rings is 1. The second kappa shape index (κ2) is 6.97. The molecular formula is C18H15N3O3S2. The molecule has 1 N–H and O–H groups in total. The number of aromatic nitrogens is 1. The third-order valence-electron chi connectivity index (χ3n) is 4.36. The highest BCUT2D eigenvalue weighted by Gasteiger charge is 2.17. The van der Waals surface area contributed by atoms with Crippen LogP contribution in [-0.2, 0) is 12.8 Å². The largest absolute Gasteiger partial charge is 0.324 e. The van der Waals surface area contributed by atoms with E-state index >= 15 is 0 Å². The van der Waals surface area contributed by atoms with Crippen molar-refractivity contribution in [2.24, 2.45) is 0 Å². The molecule has 1 aliphatic carbocycles. The van der Waals surface area contributed by atoms with Crippen LogP contribution in [0.2, 0.25) is 0 Å². The minimum Gasteiger partial charge on any atom is -0.297 e. The summed E-state index contributed by atoms with van der Waals surface area (Å²) in [5, 5.41) is 15.8. The first-order valence-electron chi connectivity index (χ1n) is 8.23. The van der Waals surface area contributed by atoms with Crippen LogP contribution in [0.1, 0.15) is 33.6 Å². The number of amides is 1. The van der Waals surface area contributed by atoms with Gasteiger partial charge >= 0.3 is 5.00 Å². The lowest BCUT2D eigenvalue weighted by atomic mass is 9.90. The second-order valence-corrected chi connectivity index (χ2v) is 8.00. The molecule has 0 radical (unpaired) electrons. The Bertz CT molecular complexity index is 993. The van der Waals surface area contributed by atoms with Crippen LogP contribution in [0, 0.1) is 10.1 Å². The molecule has 2 aromatic heterocycles. The van der Waals surface area contributed by atoms with E-state index in [9.17, 15) is 14.9 Å². The molecule has 0 unspecified atom stereocenters. The molecule has 132 valence electrons. The summed E-state index contributed by atoms with van der Waals surface area (Å²) >= 11 is 2.20. The Morgan fingerprint density at radius 2 is 1.96 bits per heavy atom. The maximum atomic E-state index is 12.2. The molecule has 0 atom stereocenters. The molecule has 26 heavy (non-hydrogen) atoms. The van der Waals surface area contributed by atoms with Crippen LogP contribution >= 0.6 is 22.7 Å². The minimum atomic E-state index is -0.501. The number of carbonyl (C=O) groups is 1. The number of thiazole rings is 1. The summed E-state index contributed by atoms with van der Waals surface area (Å²) in [6.07, 6.45) is 4.72. The van der Waals surface area contributed by atoms with E-state index < -0.39 is 4.92 Å². The number of carbonyl (C=O) groups excluding carboxylic acids is 1. The molecule has 1 aliphatic rings. The first kappa shape index (κ1) is 16.9. The Morgan fingerprint density at radius 1 is 1.15 bits per heavy atom. The third-order valence-corrected chi connectivity index (χ3v) is 6.16. The predicted molar refractivity (Wildman–Crippen MR) is 103 cm³/mol. The molecule has 0 aliphatic heterocycles. The number of nitrogens with one attached hydrogen (secondary N) is 1. The zero-order chi connectivity index (χ0) is 18.1. The van der Waals surface area contributed by atoms with Crippen molar-refractivity contribution in [1.29, 1.82) is 0 Å². The molecule has 0 saturated carbocycles. The monoisotopic (exact) mass is 385 g/mol. The number of aryl methyl sites for hydroxylation is 2. The number of hydrogen-bond acceptors (Lipinski definition) is 6. The number of nitro groups is 1. The summed E-state index contributed by atoms with van der Waals surface area (Å²) in [5.74, 6) is -0.380. The summed E-state index contributed by atoms with van der Waals surface area (Å²) < 4.78 is 0. The lowest BCUT2D eigenvalue weighted by molar-refractivity contribution is -0.380. The van der Waals surface area contributed by atoms with Gasteiger partial charge in [0.2, 0.25) is 0 Å². The van der Waals surface area contributed by atoms with Gasteiger partial charge in [-0.3, -0.25) is 20.2 Å². The van der Waals surface area contributed by atoms with E-state index in [2.05, 4.69) is 28.5 Å². The Balaban J connectivity index is 1.50. The number of hydrogen-bond donors (Lipinski definition) is 1. The van der Waals surface area contributed by atoms with Crippen LogP contribution in [0.25, 0.3) is 11.3 Å². The Hall–Kier alpha value is -2.58. The van der Waals surface area contributed by atoms with E-state index in [1.807, 2.05) is 5.38 Å². The SMILES string of the molecule is O=C(Nc1nc(-c2ccc3c(c2)CCCC3)cs1)c1ccc([N+](=O)[O-])s1. The Kier molecular flexibility index (Phi) is 4.52. The first-order chi connectivity index (χ1) is 12.6. The Morgan fingerprint density at radius 3 is 2.73 bits per heavy atom. The van der Waals surface area contributed by atoms with E-state index in [1.54, 1.807) is 0 Å². The van der Waals surface area contributed by atoms with Crippen molar-refractivity contribution in [3.05, 3.63) is 61.8 Å². The van der Waals surface area contributed by atoms with Gasteiger partial charge in [0.05, 0.1) is 15.5 Å². The van der Waals surface area contributed by atoms with Crippen LogP contribution in [0.15, 0.2) is 35.7 Å². The second-order valence-electron chi connectivity index (χ2n) is 6.08. The van der Waals surface area contributed by atoms with E-state index in [0.717, 1.165) is 35.4 Å². The predicted octanol–water partition coefficient (Wildman–Crippen LogP) is 4.91. The van der Waals surface area contributed by atoms with Crippen molar-refractivity contribution >= 4 is 38.7 Å². The molecule has 4 rings (SSSR count). The van der Waals surface area contributed by atoms with Crippen LogP contribution < -0.4 is 5.32 Å². The van der Waals surface area contributed by atoms with Crippen LogP contribution in [0.3, 0.4) is 0 Å². The molecule has 6 nitrogen and oxygen atoms in total. The van der Waals surface area contributed by atoms with Gasteiger partial charge in [0.15, 0.2) is 5.13 Å². The molecule has 0 spiro atoms. The highest BCUT2D eigenvalue weighted by molar-refractivity contribution is 7.17. The van der Waals surface area contributed by atoms with Crippen molar-refractivity contribution in [3.8, 4) is 11.3 Å². The summed E-state index contributed by atoms with van der Waals surface area (Å²) in [7, 11) is 0. The standard InChI is InChI=1S/C18H15N3O3S2/c22-17(15-7-8-16(26-15)21(23)24)20-18-19-14(10-25-18)13-6-5-11-3-1-2-4-12(11)9-13/h5-10H,1-4H2,(H,19,20,22). The van der Waals surface area contributed by atoms with Crippen LogP contribution in [-0.4, -0.2) is 15.8 Å². The zero-order valence-corrected chi connectivity index (χ0v) is 15.4. The molecule has 8 heteroatoms.